The zero-order valence-electron chi connectivity index (χ0n) is 9.48. The van der Waals surface area contributed by atoms with E-state index in [2.05, 4.69) is 24.6 Å². The molecule has 74 valence electrons. The first-order valence-electron chi connectivity index (χ1n) is 5.54. The highest BCUT2D eigenvalue weighted by Gasteiger charge is 1.88. The molecule has 2 aromatic rings. The van der Waals surface area contributed by atoms with Gasteiger partial charge in [-0.05, 0) is 12.1 Å². The number of rotatable bonds is 2. The summed E-state index contributed by atoms with van der Waals surface area (Å²) in [5.74, 6) is 0. The number of fused-ring (bicyclic) bond motifs is 1. The molecule has 0 fully saturated rings. The summed E-state index contributed by atoms with van der Waals surface area (Å²) in [6.07, 6.45) is 4.74. The van der Waals surface area contributed by atoms with Gasteiger partial charge in [-0.3, -0.25) is 9.97 Å². The van der Waals surface area contributed by atoms with E-state index in [1.807, 2.05) is 24.3 Å². The second-order valence-corrected chi connectivity index (χ2v) is 3.40. The zero-order chi connectivity index (χ0) is 10.9. The Bertz CT molecular complexity index is 328. The lowest BCUT2D eigenvalue weighted by Crippen LogP contribution is -1.98. The molecule has 5 heteroatoms. The van der Waals surface area contributed by atoms with E-state index in [-0.39, 0.29) is 0 Å². The molecule has 0 bridgehead atoms. The van der Waals surface area contributed by atoms with E-state index in [0.29, 0.717) is 0 Å². The van der Waals surface area contributed by atoms with E-state index in [9.17, 15) is 0 Å². The van der Waals surface area contributed by atoms with Crippen LogP contribution in [0.2, 0.25) is 6.32 Å². The van der Waals surface area contributed by atoms with Crippen molar-refractivity contribution in [1.29, 1.82) is 0 Å². The van der Waals surface area contributed by atoms with Crippen molar-refractivity contribution < 1.29 is 0 Å². The molecule has 0 aliphatic carbocycles. The smallest absolute Gasteiger partial charge is 0.0886 e. The molecule has 0 spiro atoms. The van der Waals surface area contributed by atoms with Gasteiger partial charge in [-0.1, -0.05) is 25.4 Å². The highest BCUT2D eigenvalue weighted by molar-refractivity contribution is 7.23. The average molecular weight is 196 g/mol. The van der Waals surface area contributed by atoms with Crippen LogP contribution in [0, 0.1) is 0 Å². The number of hydrogen-bond donors (Lipinski definition) is 0. The van der Waals surface area contributed by atoms with Crippen LogP contribution in [0.4, 0.5) is 0 Å². The summed E-state index contributed by atoms with van der Waals surface area (Å²) < 4.78 is 0. The second-order valence-electron chi connectivity index (χ2n) is 3.40. The van der Waals surface area contributed by atoms with Crippen molar-refractivity contribution in [2.24, 2.45) is 0 Å². The van der Waals surface area contributed by atoms with Crippen LogP contribution < -0.4 is 0 Å². The fourth-order valence-corrected chi connectivity index (χ4v) is 1.26. The van der Waals surface area contributed by atoms with Gasteiger partial charge in [0, 0.05) is 12.4 Å². The molecular formula is C10H15B3N2. The zero-order valence-corrected chi connectivity index (χ0v) is 9.48. The Morgan fingerprint density at radius 3 is 2.00 bits per heavy atom. The maximum Gasteiger partial charge on any atom is 0.0886 e. The van der Waals surface area contributed by atoms with Crippen LogP contribution in [0.1, 0.15) is 6.92 Å². The summed E-state index contributed by atoms with van der Waals surface area (Å²) in [7, 11) is 4.94. The fourth-order valence-electron chi connectivity index (χ4n) is 1.26. The van der Waals surface area contributed by atoms with Gasteiger partial charge >= 0.3 is 0 Å². The minimum absolute atomic E-state index is 0.949. The van der Waals surface area contributed by atoms with Crippen molar-refractivity contribution in [1.82, 2.24) is 9.97 Å². The molecule has 0 amide bonds. The predicted molar refractivity (Wildman–Crippen MR) is 72.9 cm³/mol. The van der Waals surface area contributed by atoms with Gasteiger partial charge in [-0.25, -0.2) is 0 Å². The molecule has 0 N–H and O–H groups in total. The van der Waals surface area contributed by atoms with Gasteiger partial charge in [0.2, 0.25) is 0 Å². The molecule has 0 unspecified atom stereocenters. The number of para-hydroxylation sites is 2. The predicted octanol–water partition coefficient (Wildman–Crippen LogP) is 0.390. The van der Waals surface area contributed by atoms with Gasteiger partial charge in [0.15, 0.2) is 0 Å². The van der Waals surface area contributed by atoms with Crippen molar-refractivity contribution in [2.45, 2.75) is 13.2 Å². The number of hydrogen-bond acceptors (Lipinski definition) is 2. The quantitative estimate of drug-likeness (QED) is 0.648. The minimum Gasteiger partial charge on any atom is -0.253 e. The third-order valence-electron chi connectivity index (χ3n) is 2.08. The van der Waals surface area contributed by atoms with Gasteiger partial charge in [-0.15, -0.1) is 0 Å². The van der Waals surface area contributed by atoms with E-state index < -0.39 is 0 Å². The summed E-state index contributed by atoms with van der Waals surface area (Å²) in [5, 5.41) is 0. The molecule has 15 heavy (non-hydrogen) atoms. The van der Waals surface area contributed by atoms with Crippen LogP contribution in [0.3, 0.4) is 0 Å². The van der Waals surface area contributed by atoms with E-state index in [1.54, 1.807) is 12.4 Å². The molecule has 0 saturated heterocycles. The molecule has 1 heterocycles. The summed E-state index contributed by atoms with van der Waals surface area (Å²) in [5.41, 5.74) is 1.90. The molecule has 0 aliphatic rings. The molecule has 0 aliphatic heterocycles. The number of benzene rings is 1. The molecule has 0 radical (unpaired) electrons. The van der Waals surface area contributed by atoms with E-state index in [1.165, 1.54) is 20.6 Å². The van der Waals surface area contributed by atoms with E-state index in [4.69, 9.17) is 0 Å². The summed E-state index contributed by atoms with van der Waals surface area (Å²) >= 11 is 0. The Labute approximate surface area is 93.4 Å². The maximum atomic E-state index is 4.12. The summed E-state index contributed by atoms with van der Waals surface area (Å²) in [6, 6.07) is 7.80. The molecule has 2 nitrogen and oxygen atoms in total. The number of aromatic nitrogens is 2. The minimum atomic E-state index is 0.949. The lowest BCUT2D eigenvalue weighted by atomic mass is 9.27. The van der Waals surface area contributed by atoms with E-state index in [0.717, 1.165) is 11.0 Å². The topological polar surface area (TPSA) is 25.8 Å². The Balaban J connectivity index is 0.000000195. The Morgan fingerprint density at radius 2 is 1.67 bits per heavy atom. The monoisotopic (exact) mass is 196 g/mol. The first kappa shape index (κ1) is 11.8. The SMILES string of the molecule is BBBCC.c1ccc2nccnc2c1. The summed E-state index contributed by atoms with van der Waals surface area (Å²) in [6.45, 7) is 2.21. The number of nitrogens with zero attached hydrogens (tertiary/aromatic N) is 2. The molecular weight excluding hydrogens is 181 g/mol. The van der Waals surface area contributed by atoms with Gasteiger partial charge < -0.3 is 0 Å². The van der Waals surface area contributed by atoms with E-state index >= 15 is 0 Å². The third-order valence-corrected chi connectivity index (χ3v) is 2.08. The fraction of sp³-hybridized carbons (Fsp3) is 0.200. The summed E-state index contributed by atoms with van der Waals surface area (Å²) in [4.78, 5) is 8.24. The molecule has 1 aromatic carbocycles. The largest absolute Gasteiger partial charge is 0.253 e. The molecule has 2 rings (SSSR count). The van der Waals surface area contributed by atoms with Gasteiger partial charge in [-0.2, -0.15) is 0 Å². The van der Waals surface area contributed by atoms with Gasteiger partial charge in [0.25, 0.3) is 0 Å². The van der Waals surface area contributed by atoms with Crippen molar-refractivity contribution >= 4 is 33.0 Å². The van der Waals surface area contributed by atoms with Crippen LogP contribution in [-0.4, -0.2) is 31.9 Å². The maximum absolute atomic E-state index is 4.12. The normalized spacial score (nSPS) is 8.87. The molecule has 0 saturated carbocycles. The van der Waals surface area contributed by atoms with Gasteiger partial charge in [0.1, 0.15) is 0 Å². The van der Waals surface area contributed by atoms with Crippen molar-refractivity contribution in [3.8, 4) is 0 Å². The third kappa shape index (κ3) is 4.19. The van der Waals surface area contributed by atoms with Crippen LogP contribution in [0.25, 0.3) is 11.0 Å². The van der Waals surface area contributed by atoms with Crippen molar-refractivity contribution in [3.05, 3.63) is 36.7 Å². The second kappa shape index (κ2) is 7.10. The van der Waals surface area contributed by atoms with Crippen LogP contribution in [0.15, 0.2) is 36.7 Å². The highest BCUT2D eigenvalue weighted by atomic mass is 14.8. The van der Waals surface area contributed by atoms with Gasteiger partial charge in [0.05, 0.1) is 33.0 Å². The van der Waals surface area contributed by atoms with Crippen LogP contribution >= 0.6 is 0 Å². The first-order chi connectivity index (χ1) is 7.38. The Morgan fingerprint density at radius 1 is 1.13 bits per heavy atom. The molecule has 0 atom stereocenters. The Kier molecular flexibility index (Phi) is 5.60. The lowest BCUT2D eigenvalue weighted by Gasteiger charge is -1.90. The Hall–Kier alpha value is -1.25. The van der Waals surface area contributed by atoms with Crippen LogP contribution in [-0.2, 0) is 0 Å². The average Bonchev–Trinajstić information content (AvgIpc) is 2.31. The highest BCUT2D eigenvalue weighted by Crippen LogP contribution is 2.04. The van der Waals surface area contributed by atoms with Crippen molar-refractivity contribution in [3.63, 3.8) is 0 Å². The van der Waals surface area contributed by atoms with Crippen molar-refractivity contribution in [2.75, 3.05) is 0 Å². The lowest BCUT2D eigenvalue weighted by molar-refractivity contribution is 1.29. The van der Waals surface area contributed by atoms with Crippen LogP contribution in [0.5, 0.6) is 0 Å². The standard InChI is InChI=1S/C8H6N2.C2H9B3/c1-2-4-8-7(3-1)9-5-6-10-8;1-2-4-5-3/h1-6H;4-5H,2-3H2,1H3. The first-order valence-corrected chi connectivity index (χ1v) is 5.54. The molecule has 1 aromatic heterocycles.